The summed E-state index contributed by atoms with van der Waals surface area (Å²) in [6, 6.07) is 6.67. The summed E-state index contributed by atoms with van der Waals surface area (Å²) in [5.41, 5.74) is -0.0912. The summed E-state index contributed by atoms with van der Waals surface area (Å²) in [7, 11) is 1.47. The van der Waals surface area contributed by atoms with E-state index in [0.29, 0.717) is 28.0 Å². The molecule has 0 aliphatic heterocycles. The highest BCUT2D eigenvalue weighted by molar-refractivity contribution is 7.13. The van der Waals surface area contributed by atoms with Gasteiger partial charge in [0.25, 0.3) is 0 Å². The Labute approximate surface area is 148 Å². The molecule has 0 aliphatic carbocycles. The third-order valence-electron chi connectivity index (χ3n) is 3.67. The molecule has 0 N–H and O–H groups in total. The van der Waals surface area contributed by atoms with Crippen molar-refractivity contribution in [3.63, 3.8) is 0 Å². The van der Waals surface area contributed by atoms with Crippen molar-refractivity contribution in [2.75, 3.05) is 7.11 Å². The predicted molar refractivity (Wildman–Crippen MR) is 89.3 cm³/mol. The first kappa shape index (κ1) is 16.5. The highest BCUT2D eigenvalue weighted by Crippen LogP contribution is 2.34. The number of imidazole rings is 1. The second kappa shape index (κ2) is 6.06. The van der Waals surface area contributed by atoms with Gasteiger partial charge in [-0.15, -0.1) is 21.5 Å². The van der Waals surface area contributed by atoms with Crippen LogP contribution in [-0.2, 0) is 6.18 Å². The zero-order valence-electron chi connectivity index (χ0n) is 13.2. The van der Waals surface area contributed by atoms with Crippen LogP contribution in [0, 0.1) is 0 Å². The number of nitrogens with zero attached hydrogens (tertiary/aromatic N) is 5. The van der Waals surface area contributed by atoms with Crippen LogP contribution in [-0.4, -0.2) is 31.8 Å². The van der Waals surface area contributed by atoms with Crippen molar-refractivity contribution >= 4 is 22.4 Å². The van der Waals surface area contributed by atoms with Gasteiger partial charge in [0.2, 0.25) is 5.88 Å². The molecule has 10 heteroatoms. The Hall–Kier alpha value is -3.01. The van der Waals surface area contributed by atoms with Gasteiger partial charge in [-0.05, 0) is 24.3 Å². The number of halogens is 3. The van der Waals surface area contributed by atoms with Crippen molar-refractivity contribution < 1.29 is 17.9 Å². The normalized spacial score (nSPS) is 11.8. The van der Waals surface area contributed by atoms with Crippen molar-refractivity contribution in [1.29, 1.82) is 0 Å². The van der Waals surface area contributed by atoms with Crippen LogP contribution in [0.5, 0.6) is 5.88 Å². The van der Waals surface area contributed by atoms with Gasteiger partial charge in [-0.25, -0.2) is 9.97 Å². The number of thiazole rings is 1. The molecule has 0 bridgehead atoms. The maximum atomic E-state index is 13.0. The van der Waals surface area contributed by atoms with Gasteiger partial charge in [-0.3, -0.25) is 4.57 Å². The van der Waals surface area contributed by atoms with Crippen molar-refractivity contribution in [3.05, 3.63) is 47.5 Å². The molecule has 0 fully saturated rings. The van der Waals surface area contributed by atoms with Gasteiger partial charge < -0.3 is 4.74 Å². The van der Waals surface area contributed by atoms with E-state index >= 15 is 0 Å². The second-order valence-corrected chi connectivity index (χ2v) is 6.14. The molecule has 3 aromatic heterocycles. The number of benzene rings is 1. The summed E-state index contributed by atoms with van der Waals surface area (Å²) < 4.78 is 45.7. The number of hydrogen-bond donors (Lipinski definition) is 0. The van der Waals surface area contributed by atoms with Crippen LogP contribution in [0.2, 0.25) is 0 Å². The Kier molecular flexibility index (Phi) is 3.83. The van der Waals surface area contributed by atoms with Crippen molar-refractivity contribution in [3.8, 4) is 22.5 Å². The SMILES string of the molecule is COc1ccc(-n2c(-c3nccs3)nc3cc(C(F)(F)F)ccc32)nn1. The highest BCUT2D eigenvalue weighted by atomic mass is 32.1. The zero-order chi connectivity index (χ0) is 18.3. The molecular formula is C16H10F3N5OS. The lowest BCUT2D eigenvalue weighted by Gasteiger charge is -2.08. The average Bonchev–Trinajstić information content (AvgIpc) is 3.28. The number of aromatic nitrogens is 5. The smallest absolute Gasteiger partial charge is 0.416 e. The van der Waals surface area contributed by atoms with E-state index in [2.05, 4.69) is 20.2 Å². The quantitative estimate of drug-likeness (QED) is 0.541. The van der Waals surface area contributed by atoms with Crippen molar-refractivity contribution in [2.24, 2.45) is 0 Å². The van der Waals surface area contributed by atoms with Crippen LogP contribution < -0.4 is 4.74 Å². The molecule has 3 heterocycles. The summed E-state index contributed by atoms with van der Waals surface area (Å²) >= 11 is 1.33. The molecule has 4 aromatic rings. The van der Waals surface area contributed by atoms with Crippen molar-refractivity contribution in [1.82, 2.24) is 24.7 Å². The van der Waals surface area contributed by atoms with Crippen LogP contribution in [0.15, 0.2) is 41.9 Å². The van der Waals surface area contributed by atoms with Crippen LogP contribution >= 0.6 is 11.3 Å². The summed E-state index contributed by atoms with van der Waals surface area (Å²) in [5, 5.41) is 10.3. The minimum Gasteiger partial charge on any atom is -0.480 e. The fraction of sp³-hybridized carbons (Fsp3) is 0.125. The first-order chi connectivity index (χ1) is 12.5. The van der Waals surface area contributed by atoms with E-state index in [4.69, 9.17) is 4.74 Å². The number of rotatable bonds is 3. The average molecular weight is 377 g/mol. The monoisotopic (exact) mass is 377 g/mol. The van der Waals surface area contributed by atoms with E-state index in [9.17, 15) is 13.2 Å². The van der Waals surface area contributed by atoms with Gasteiger partial charge in [0, 0.05) is 17.6 Å². The highest BCUT2D eigenvalue weighted by Gasteiger charge is 2.31. The minimum atomic E-state index is -4.45. The Bertz CT molecular complexity index is 1060. The molecule has 4 rings (SSSR count). The van der Waals surface area contributed by atoms with E-state index in [-0.39, 0.29) is 5.52 Å². The summed E-state index contributed by atoms with van der Waals surface area (Å²) in [6.07, 6.45) is -2.84. The molecule has 1 aromatic carbocycles. The largest absolute Gasteiger partial charge is 0.480 e. The molecule has 0 unspecified atom stereocenters. The predicted octanol–water partition coefficient (Wildman–Crippen LogP) is 3.97. The van der Waals surface area contributed by atoms with Crippen LogP contribution in [0.25, 0.3) is 27.7 Å². The molecule has 0 amide bonds. The molecule has 26 heavy (non-hydrogen) atoms. The van der Waals surface area contributed by atoms with Gasteiger partial charge >= 0.3 is 6.18 Å². The molecule has 6 nitrogen and oxygen atoms in total. The van der Waals surface area contributed by atoms with E-state index < -0.39 is 11.7 Å². The maximum absolute atomic E-state index is 13.0. The van der Waals surface area contributed by atoms with E-state index in [1.54, 1.807) is 28.3 Å². The molecule has 0 atom stereocenters. The maximum Gasteiger partial charge on any atom is 0.416 e. The standard InChI is InChI=1S/C16H10F3N5OS/c1-25-13-5-4-12(22-23-13)24-11-3-2-9(16(17,18)19)8-10(11)21-14(24)15-20-6-7-26-15/h2-8H,1H3. The van der Waals surface area contributed by atoms with Gasteiger partial charge in [0.05, 0.1) is 23.7 Å². The van der Waals surface area contributed by atoms with E-state index in [1.807, 2.05) is 0 Å². The molecule has 0 saturated carbocycles. The summed E-state index contributed by atoms with van der Waals surface area (Å²) in [5.74, 6) is 1.13. The van der Waals surface area contributed by atoms with E-state index in [0.717, 1.165) is 12.1 Å². The second-order valence-electron chi connectivity index (χ2n) is 5.24. The van der Waals surface area contributed by atoms with E-state index in [1.165, 1.54) is 24.5 Å². The third kappa shape index (κ3) is 2.77. The number of alkyl halides is 3. The number of fused-ring (bicyclic) bond motifs is 1. The van der Waals surface area contributed by atoms with Gasteiger partial charge in [0.1, 0.15) is 0 Å². The van der Waals surface area contributed by atoms with Gasteiger partial charge in [0.15, 0.2) is 16.6 Å². The molecule has 0 radical (unpaired) electrons. The van der Waals surface area contributed by atoms with Crippen LogP contribution in [0.1, 0.15) is 5.56 Å². The number of hydrogen-bond acceptors (Lipinski definition) is 6. The first-order valence-electron chi connectivity index (χ1n) is 7.35. The third-order valence-corrected chi connectivity index (χ3v) is 4.44. The Balaban J connectivity index is 1.97. The number of methoxy groups -OCH3 is 1. The van der Waals surface area contributed by atoms with Crippen LogP contribution in [0.4, 0.5) is 13.2 Å². The molecule has 0 aliphatic rings. The summed E-state index contributed by atoms with van der Waals surface area (Å²) in [4.78, 5) is 8.57. The molecular weight excluding hydrogens is 367 g/mol. The lowest BCUT2D eigenvalue weighted by molar-refractivity contribution is -0.137. The molecule has 132 valence electrons. The lowest BCUT2D eigenvalue weighted by Crippen LogP contribution is -2.05. The van der Waals surface area contributed by atoms with Crippen molar-refractivity contribution in [2.45, 2.75) is 6.18 Å². The fourth-order valence-corrected chi connectivity index (χ4v) is 3.12. The zero-order valence-corrected chi connectivity index (χ0v) is 14.0. The Morgan fingerprint density at radius 2 is 1.96 bits per heavy atom. The molecule has 0 spiro atoms. The van der Waals surface area contributed by atoms with Gasteiger partial charge in [-0.1, -0.05) is 0 Å². The summed E-state index contributed by atoms with van der Waals surface area (Å²) in [6.45, 7) is 0. The fourth-order valence-electron chi connectivity index (χ4n) is 2.51. The molecule has 0 saturated heterocycles. The number of ether oxygens (including phenoxy) is 1. The Morgan fingerprint density at radius 1 is 1.12 bits per heavy atom. The first-order valence-corrected chi connectivity index (χ1v) is 8.23. The minimum absolute atomic E-state index is 0.197. The van der Waals surface area contributed by atoms with Crippen LogP contribution in [0.3, 0.4) is 0 Å². The topological polar surface area (TPSA) is 65.7 Å². The van der Waals surface area contributed by atoms with Gasteiger partial charge in [-0.2, -0.15) is 13.2 Å². The lowest BCUT2D eigenvalue weighted by atomic mass is 10.2. The Morgan fingerprint density at radius 3 is 2.58 bits per heavy atom.